The van der Waals surface area contributed by atoms with E-state index in [9.17, 15) is 18.0 Å². The van der Waals surface area contributed by atoms with Crippen molar-refractivity contribution >= 4 is 6.09 Å². The number of carbonyl (C=O) groups excluding carboxylic acids is 1. The highest BCUT2D eigenvalue weighted by atomic mass is 19.4. The molecule has 1 amide bonds. The molecule has 0 N–H and O–H groups in total. The molecule has 1 aromatic carbocycles. The van der Waals surface area contributed by atoms with E-state index in [4.69, 9.17) is 9.47 Å². The predicted molar refractivity (Wildman–Crippen MR) is 94.8 cm³/mol. The van der Waals surface area contributed by atoms with Crippen LogP contribution in [0.2, 0.25) is 0 Å². The predicted octanol–water partition coefficient (Wildman–Crippen LogP) is 4.92. The number of likely N-dealkylation sites (tertiary alicyclic amines) is 1. The fourth-order valence-electron chi connectivity index (χ4n) is 3.49. The van der Waals surface area contributed by atoms with E-state index in [0.717, 1.165) is 6.42 Å². The zero-order valence-electron chi connectivity index (χ0n) is 15.9. The van der Waals surface area contributed by atoms with Crippen molar-refractivity contribution in [2.24, 2.45) is 5.92 Å². The van der Waals surface area contributed by atoms with Gasteiger partial charge in [-0.25, -0.2) is 4.79 Å². The molecule has 0 bridgehead atoms. The van der Waals surface area contributed by atoms with Crippen LogP contribution in [0.4, 0.5) is 18.0 Å². The van der Waals surface area contributed by atoms with Crippen molar-refractivity contribution in [2.45, 2.75) is 57.2 Å². The SMILES string of the molecule is CC(C)(C)OC(=O)N1CC[C@H](COc2ccccc2C2(C(F)(F)F)CC2)C1. The van der Waals surface area contributed by atoms with Gasteiger partial charge in [-0.15, -0.1) is 0 Å². The Bertz CT molecular complexity index is 692. The van der Waals surface area contributed by atoms with Gasteiger partial charge in [0.25, 0.3) is 0 Å². The highest BCUT2D eigenvalue weighted by Gasteiger charge is 2.65. The standard InChI is InChI=1S/C20H26F3NO3/c1-18(2,3)27-17(25)24-11-8-14(12-24)13-26-16-7-5-4-6-15(16)19(9-10-19)20(21,22)23/h4-7,14H,8-13H2,1-3H3/t14-/m0/s1. The van der Waals surface area contributed by atoms with E-state index in [-0.39, 0.29) is 37.0 Å². The zero-order valence-corrected chi connectivity index (χ0v) is 15.9. The second kappa shape index (κ2) is 6.91. The molecule has 1 saturated heterocycles. The van der Waals surface area contributed by atoms with Gasteiger partial charge in [-0.1, -0.05) is 18.2 Å². The third-order valence-corrected chi connectivity index (χ3v) is 5.11. The van der Waals surface area contributed by atoms with Crippen LogP contribution >= 0.6 is 0 Å². The Morgan fingerprint density at radius 2 is 1.89 bits per heavy atom. The Morgan fingerprint density at radius 3 is 2.48 bits per heavy atom. The molecule has 0 unspecified atom stereocenters. The molecule has 2 fully saturated rings. The van der Waals surface area contributed by atoms with Crippen LogP contribution < -0.4 is 4.74 Å². The summed E-state index contributed by atoms with van der Waals surface area (Å²) in [5, 5.41) is 0. The van der Waals surface area contributed by atoms with Gasteiger partial charge < -0.3 is 14.4 Å². The van der Waals surface area contributed by atoms with Crippen LogP contribution in [0.3, 0.4) is 0 Å². The molecule has 7 heteroatoms. The van der Waals surface area contributed by atoms with E-state index >= 15 is 0 Å². The number of halogens is 3. The number of benzene rings is 1. The largest absolute Gasteiger partial charge is 0.493 e. The van der Waals surface area contributed by atoms with Crippen molar-refractivity contribution in [1.29, 1.82) is 0 Å². The molecule has 1 aliphatic carbocycles. The number of ether oxygens (including phenoxy) is 2. The summed E-state index contributed by atoms with van der Waals surface area (Å²) in [5.74, 6) is 0.370. The maximum Gasteiger partial charge on any atom is 0.410 e. The summed E-state index contributed by atoms with van der Waals surface area (Å²) >= 11 is 0. The van der Waals surface area contributed by atoms with Gasteiger partial charge >= 0.3 is 12.3 Å². The first kappa shape index (κ1) is 19.8. The highest BCUT2D eigenvalue weighted by Crippen LogP contribution is 2.60. The molecule has 4 nitrogen and oxygen atoms in total. The molecule has 27 heavy (non-hydrogen) atoms. The zero-order chi connectivity index (χ0) is 19.9. The third kappa shape index (κ3) is 4.33. The smallest absolute Gasteiger partial charge is 0.410 e. The van der Waals surface area contributed by atoms with E-state index in [2.05, 4.69) is 0 Å². The lowest BCUT2D eigenvalue weighted by Crippen LogP contribution is -2.35. The minimum absolute atomic E-state index is 0.0756. The van der Waals surface area contributed by atoms with Crippen molar-refractivity contribution < 1.29 is 27.4 Å². The van der Waals surface area contributed by atoms with E-state index in [1.165, 1.54) is 6.07 Å². The van der Waals surface area contributed by atoms with Crippen LogP contribution in [0.5, 0.6) is 5.75 Å². The van der Waals surface area contributed by atoms with Gasteiger partial charge in [0.05, 0.1) is 12.0 Å². The molecule has 1 atom stereocenters. The fraction of sp³-hybridized carbons (Fsp3) is 0.650. The summed E-state index contributed by atoms with van der Waals surface area (Å²) in [5.41, 5.74) is -2.10. The van der Waals surface area contributed by atoms with Crippen LogP contribution in [0.1, 0.15) is 45.6 Å². The van der Waals surface area contributed by atoms with Crippen molar-refractivity contribution in [3.8, 4) is 5.75 Å². The summed E-state index contributed by atoms with van der Waals surface area (Å²) in [4.78, 5) is 13.8. The molecule has 1 aliphatic heterocycles. The molecule has 0 aromatic heterocycles. The molecule has 1 saturated carbocycles. The fourth-order valence-corrected chi connectivity index (χ4v) is 3.49. The van der Waals surface area contributed by atoms with Crippen LogP contribution in [-0.4, -0.2) is 42.5 Å². The molecule has 1 heterocycles. The Labute approximate surface area is 157 Å². The normalized spacial score (nSPS) is 21.9. The molecule has 150 valence electrons. The first-order chi connectivity index (χ1) is 12.5. The lowest BCUT2D eigenvalue weighted by atomic mass is 9.94. The van der Waals surface area contributed by atoms with Gasteiger partial charge in [0, 0.05) is 24.6 Å². The average Bonchev–Trinajstić information content (AvgIpc) is 3.24. The quantitative estimate of drug-likeness (QED) is 0.739. The van der Waals surface area contributed by atoms with E-state index in [1.54, 1.807) is 23.1 Å². The number of amides is 1. The number of alkyl halides is 3. The lowest BCUT2D eigenvalue weighted by molar-refractivity contribution is -0.161. The maximum absolute atomic E-state index is 13.5. The Morgan fingerprint density at radius 1 is 1.22 bits per heavy atom. The van der Waals surface area contributed by atoms with E-state index in [0.29, 0.717) is 18.8 Å². The van der Waals surface area contributed by atoms with Crippen molar-refractivity contribution in [2.75, 3.05) is 19.7 Å². The molecule has 1 aromatic rings. The van der Waals surface area contributed by atoms with Crippen LogP contribution in [0, 0.1) is 5.92 Å². The van der Waals surface area contributed by atoms with Gasteiger partial charge in [0.2, 0.25) is 0 Å². The number of hydrogen-bond acceptors (Lipinski definition) is 3. The summed E-state index contributed by atoms with van der Waals surface area (Å²) < 4.78 is 51.5. The first-order valence-corrected chi connectivity index (χ1v) is 9.29. The Hall–Kier alpha value is -1.92. The first-order valence-electron chi connectivity index (χ1n) is 9.29. The monoisotopic (exact) mass is 385 g/mol. The Balaban J connectivity index is 1.60. The average molecular weight is 385 g/mol. The number of hydrogen-bond donors (Lipinski definition) is 0. The van der Waals surface area contributed by atoms with Gasteiger partial charge in [-0.05, 0) is 46.1 Å². The minimum atomic E-state index is -4.27. The maximum atomic E-state index is 13.5. The molecule has 0 spiro atoms. The molecular weight excluding hydrogens is 359 g/mol. The lowest BCUT2D eigenvalue weighted by Gasteiger charge is -2.25. The molecule has 0 radical (unpaired) electrons. The van der Waals surface area contributed by atoms with E-state index in [1.807, 2.05) is 20.8 Å². The summed E-state index contributed by atoms with van der Waals surface area (Å²) in [6.45, 7) is 6.77. The van der Waals surface area contributed by atoms with Crippen molar-refractivity contribution in [3.05, 3.63) is 29.8 Å². The molecule has 3 rings (SSSR count). The number of rotatable bonds is 4. The van der Waals surface area contributed by atoms with Gasteiger partial charge in [0.15, 0.2) is 0 Å². The van der Waals surface area contributed by atoms with Gasteiger partial charge in [-0.3, -0.25) is 0 Å². The second-order valence-electron chi connectivity index (χ2n) is 8.47. The number of carbonyl (C=O) groups is 1. The summed E-state index contributed by atoms with van der Waals surface area (Å²) in [6, 6.07) is 6.42. The summed E-state index contributed by atoms with van der Waals surface area (Å²) in [7, 11) is 0. The number of para-hydroxylation sites is 1. The minimum Gasteiger partial charge on any atom is -0.493 e. The topological polar surface area (TPSA) is 38.8 Å². The van der Waals surface area contributed by atoms with Crippen LogP contribution in [-0.2, 0) is 10.2 Å². The highest BCUT2D eigenvalue weighted by molar-refractivity contribution is 5.68. The van der Waals surface area contributed by atoms with Gasteiger partial charge in [-0.2, -0.15) is 13.2 Å². The summed E-state index contributed by atoms with van der Waals surface area (Å²) in [6.07, 6.45) is -3.68. The van der Waals surface area contributed by atoms with Gasteiger partial charge in [0.1, 0.15) is 11.4 Å². The molecule has 2 aliphatic rings. The van der Waals surface area contributed by atoms with Crippen LogP contribution in [0.25, 0.3) is 0 Å². The van der Waals surface area contributed by atoms with Crippen molar-refractivity contribution in [1.82, 2.24) is 4.90 Å². The van der Waals surface area contributed by atoms with E-state index < -0.39 is 17.2 Å². The number of nitrogens with zero attached hydrogens (tertiary/aromatic N) is 1. The second-order valence-corrected chi connectivity index (χ2v) is 8.47. The third-order valence-electron chi connectivity index (χ3n) is 5.11. The molecular formula is C20H26F3NO3. The van der Waals surface area contributed by atoms with Crippen molar-refractivity contribution in [3.63, 3.8) is 0 Å². The Kier molecular flexibility index (Phi) is 5.08. The van der Waals surface area contributed by atoms with Crippen LogP contribution in [0.15, 0.2) is 24.3 Å².